The Kier molecular flexibility index (Phi) is 5.75. The first kappa shape index (κ1) is 13.3. The Morgan fingerprint density at radius 2 is 2.24 bits per heavy atom. The lowest BCUT2D eigenvalue weighted by atomic mass is 10.0. The molecule has 100 valence electrons. The van der Waals surface area contributed by atoms with Gasteiger partial charge < -0.3 is 15.4 Å². The Labute approximate surface area is 106 Å². The van der Waals surface area contributed by atoms with E-state index >= 15 is 0 Å². The fraction of sp³-hybridized carbons (Fsp3) is 1.00. The van der Waals surface area contributed by atoms with Crippen molar-refractivity contribution in [3.63, 3.8) is 0 Å². The summed E-state index contributed by atoms with van der Waals surface area (Å²) in [6, 6.07) is 1.37. The molecule has 2 saturated heterocycles. The highest BCUT2D eigenvalue weighted by Gasteiger charge is 2.18. The predicted octanol–water partition coefficient (Wildman–Crippen LogP) is 1.92. The Hall–Kier alpha value is -0.120. The van der Waals surface area contributed by atoms with E-state index in [9.17, 15) is 0 Å². The first-order valence-corrected chi connectivity index (χ1v) is 7.39. The molecule has 2 aliphatic heterocycles. The van der Waals surface area contributed by atoms with Crippen LogP contribution in [0.5, 0.6) is 0 Å². The van der Waals surface area contributed by atoms with Crippen molar-refractivity contribution < 1.29 is 4.74 Å². The molecule has 2 rings (SSSR count). The average molecular weight is 240 g/mol. The number of ether oxygens (including phenoxy) is 1. The Balaban J connectivity index is 1.59. The molecular weight excluding hydrogens is 212 g/mol. The van der Waals surface area contributed by atoms with E-state index in [-0.39, 0.29) is 0 Å². The third-order valence-electron chi connectivity index (χ3n) is 4.08. The van der Waals surface area contributed by atoms with E-state index in [0.717, 1.165) is 31.7 Å². The monoisotopic (exact) mass is 240 g/mol. The molecule has 2 aliphatic rings. The average Bonchev–Trinajstić information content (AvgIpc) is 2.72. The topological polar surface area (TPSA) is 33.3 Å². The van der Waals surface area contributed by atoms with E-state index in [1.165, 1.54) is 45.1 Å². The van der Waals surface area contributed by atoms with Gasteiger partial charge in [0.05, 0.1) is 6.61 Å². The van der Waals surface area contributed by atoms with E-state index in [0.29, 0.717) is 6.04 Å². The largest absolute Gasteiger partial charge is 0.381 e. The van der Waals surface area contributed by atoms with E-state index in [2.05, 4.69) is 17.6 Å². The second kappa shape index (κ2) is 7.34. The summed E-state index contributed by atoms with van der Waals surface area (Å²) >= 11 is 0. The molecular formula is C14H28N2O. The second-order valence-corrected chi connectivity index (χ2v) is 5.77. The van der Waals surface area contributed by atoms with Crippen molar-refractivity contribution in [1.82, 2.24) is 10.6 Å². The van der Waals surface area contributed by atoms with Crippen molar-refractivity contribution in [2.24, 2.45) is 5.92 Å². The molecule has 3 heteroatoms. The number of nitrogens with one attached hydrogen (secondary N) is 2. The van der Waals surface area contributed by atoms with Gasteiger partial charge in [-0.1, -0.05) is 12.8 Å². The molecule has 0 aromatic rings. The molecule has 3 unspecified atom stereocenters. The van der Waals surface area contributed by atoms with Gasteiger partial charge in [-0.25, -0.2) is 0 Å². The van der Waals surface area contributed by atoms with Gasteiger partial charge in [-0.2, -0.15) is 0 Å². The molecule has 0 saturated carbocycles. The van der Waals surface area contributed by atoms with Crippen molar-refractivity contribution in [2.75, 3.05) is 26.3 Å². The van der Waals surface area contributed by atoms with Gasteiger partial charge in [0.2, 0.25) is 0 Å². The van der Waals surface area contributed by atoms with Crippen molar-refractivity contribution >= 4 is 0 Å². The third kappa shape index (κ3) is 4.94. The lowest BCUT2D eigenvalue weighted by Crippen LogP contribution is -2.38. The Morgan fingerprint density at radius 1 is 1.29 bits per heavy atom. The number of hydrogen-bond acceptors (Lipinski definition) is 3. The smallest absolute Gasteiger partial charge is 0.0507 e. The minimum Gasteiger partial charge on any atom is -0.381 e. The van der Waals surface area contributed by atoms with Gasteiger partial charge in [0.1, 0.15) is 0 Å². The van der Waals surface area contributed by atoms with Gasteiger partial charge in [0, 0.05) is 25.2 Å². The van der Waals surface area contributed by atoms with Crippen LogP contribution in [0.3, 0.4) is 0 Å². The van der Waals surface area contributed by atoms with Crippen LogP contribution in [-0.2, 0) is 4.74 Å². The molecule has 3 nitrogen and oxygen atoms in total. The lowest BCUT2D eigenvalue weighted by Gasteiger charge is -2.22. The quantitative estimate of drug-likeness (QED) is 0.770. The highest BCUT2D eigenvalue weighted by Crippen LogP contribution is 2.14. The maximum atomic E-state index is 5.40. The Bertz CT molecular complexity index is 196. The zero-order valence-electron chi connectivity index (χ0n) is 11.2. The van der Waals surface area contributed by atoms with Crippen LogP contribution in [0.1, 0.15) is 45.4 Å². The van der Waals surface area contributed by atoms with Gasteiger partial charge in [0.25, 0.3) is 0 Å². The molecule has 0 spiro atoms. The van der Waals surface area contributed by atoms with Crippen LogP contribution < -0.4 is 10.6 Å². The molecule has 0 radical (unpaired) electrons. The minimum atomic E-state index is 0.631. The number of rotatable bonds is 5. The van der Waals surface area contributed by atoms with Gasteiger partial charge in [-0.3, -0.25) is 0 Å². The van der Waals surface area contributed by atoms with Crippen LogP contribution in [0.4, 0.5) is 0 Å². The molecule has 17 heavy (non-hydrogen) atoms. The minimum absolute atomic E-state index is 0.631. The van der Waals surface area contributed by atoms with E-state index in [1.807, 2.05) is 0 Å². The Morgan fingerprint density at radius 3 is 3.06 bits per heavy atom. The molecule has 0 aromatic carbocycles. The van der Waals surface area contributed by atoms with Gasteiger partial charge in [-0.15, -0.1) is 0 Å². The van der Waals surface area contributed by atoms with Crippen LogP contribution in [0.25, 0.3) is 0 Å². The summed E-state index contributed by atoms with van der Waals surface area (Å²) in [5.41, 5.74) is 0. The molecule has 0 aliphatic carbocycles. The van der Waals surface area contributed by atoms with Gasteiger partial charge >= 0.3 is 0 Å². The first-order valence-electron chi connectivity index (χ1n) is 7.39. The van der Waals surface area contributed by atoms with Crippen molar-refractivity contribution in [1.29, 1.82) is 0 Å². The van der Waals surface area contributed by atoms with E-state index in [4.69, 9.17) is 4.74 Å². The third-order valence-corrected chi connectivity index (χ3v) is 4.08. The van der Waals surface area contributed by atoms with Crippen LogP contribution >= 0.6 is 0 Å². The maximum Gasteiger partial charge on any atom is 0.0507 e. The van der Waals surface area contributed by atoms with Crippen molar-refractivity contribution in [3.05, 3.63) is 0 Å². The summed E-state index contributed by atoms with van der Waals surface area (Å²) in [4.78, 5) is 0. The molecule has 0 aromatic heterocycles. The highest BCUT2D eigenvalue weighted by atomic mass is 16.5. The molecule has 3 atom stereocenters. The fourth-order valence-electron chi connectivity index (χ4n) is 2.92. The SMILES string of the molecule is CC(CC1CCCCCN1)NCC1CCOC1. The summed E-state index contributed by atoms with van der Waals surface area (Å²) in [7, 11) is 0. The summed E-state index contributed by atoms with van der Waals surface area (Å²) in [5.74, 6) is 0.750. The molecule has 0 bridgehead atoms. The molecule has 2 fully saturated rings. The van der Waals surface area contributed by atoms with Crippen LogP contribution in [-0.4, -0.2) is 38.4 Å². The molecule has 0 amide bonds. The zero-order chi connectivity index (χ0) is 11.9. The maximum absolute atomic E-state index is 5.40. The van der Waals surface area contributed by atoms with Crippen LogP contribution in [0, 0.1) is 5.92 Å². The summed E-state index contributed by atoms with van der Waals surface area (Å²) in [5, 5.41) is 7.35. The number of hydrogen-bond donors (Lipinski definition) is 2. The summed E-state index contributed by atoms with van der Waals surface area (Å²) in [6.07, 6.45) is 8.04. The van der Waals surface area contributed by atoms with Gasteiger partial charge in [0.15, 0.2) is 0 Å². The lowest BCUT2D eigenvalue weighted by molar-refractivity contribution is 0.184. The normalized spacial score (nSPS) is 32.3. The first-order chi connectivity index (χ1) is 8.34. The van der Waals surface area contributed by atoms with E-state index < -0.39 is 0 Å². The zero-order valence-corrected chi connectivity index (χ0v) is 11.2. The van der Waals surface area contributed by atoms with Crippen molar-refractivity contribution in [3.8, 4) is 0 Å². The van der Waals surface area contributed by atoms with Crippen LogP contribution in [0.2, 0.25) is 0 Å². The van der Waals surface area contributed by atoms with Gasteiger partial charge in [-0.05, 0) is 45.1 Å². The summed E-state index contributed by atoms with van der Waals surface area (Å²) < 4.78 is 5.40. The molecule has 2 N–H and O–H groups in total. The van der Waals surface area contributed by atoms with E-state index in [1.54, 1.807) is 0 Å². The summed E-state index contributed by atoms with van der Waals surface area (Å²) in [6.45, 7) is 6.59. The molecule has 2 heterocycles. The predicted molar refractivity (Wildman–Crippen MR) is 71.3 cm³/mol. The standard InChI is InChI=1S/C14H28N2O/c1-12(16-10-13-6-8-17-11-13)9-14-5-3-2-4-7-15-14/h12-16H,2-11H2,1H3. The fourth-order valence-corrected chi connectivity index (χ4v) is 2.92. The second-order valence-electron chi connectivity index (χ2n) is 5.77. The van der Waals surface area contributed by atoms with Crippen LogP contribution in [0.15, 0.2) is 0 Å². The highest BCUT2D eigenvalue weighted by molar-refractivity contribution is 4.77. The van der Waals surface area contributed by atoms with Crippen molar-refractivity contribution in [2.45, 2.75) is 57.5 Å².